The number of rotatable bonds is 4. The summed E-state index contributed by atoms with van der Waals surface area (Å²) >= 11 is 0. The number of benzene rings is 2. The van der Waals surface area contributed by atoms with Crippen molar-refractivity contribution < 1.29 is 14.3 Å². The first kappa shape index (κ1) is 18.9. The lowest BCUT2D eigenvalue weighted by Gasteiger charge is -2.19. The molecule has 1 aliphatic rings. The maximum absolute atomic E-state index is 12.9. The number of amides is 2. The van der Waals surface area contributed by atoms with Crippen LogP contribution in [0.25, 0.3) is 10.9 Å². The van der Waals surface area contributed by atoms with Gasteiger partial charge in [-0.3, -0.25) is 14.6 Å². The molecule has 0 radical (unpaired) electrons. The molecular weight excluding hydrogens is 366 g/mol. The zero-order chi connectivity index (χ0) is 20.5. The van der Waals surface area contributed by atoms with Gasteiger partial charge in [-0.1, -0.05) is 11.6 Å². The highest BCUT2D eigenvalue weighted by Crippen LogP contribution is 2.34. The van der Waals surface area contributed by atoms with Gasteiger partial charge in [-0.2, -0.15) is 0 Å². The molecule has 2 amide bonds. The summed E-state index contributed by atoms with van der Waals surface area (Å²) in [6.45, 7) is 4.52. The van der Waals surface area contributed by atoms with E-state index >= 15 is 0 Å². The Kier molecular flexibility index (Phi) is 4.92. The van der Waals surface area contributed by atoms with E-state index in [1.165, 1.54) is 0 Å². The molecule has 1 saturated heterocycles. The van der Waals surface area contributed by atoms with Crippen LogP contribution in [-0.2, 0) is 4.79 Å². The Labute approximate surface area is 169 Å². The van der Waals surface area contributed by atoms with E-state index in [-0.39, 0.29) is 11.8 Å². The van der Waals surface area contributed by atoms with Crippen LogP contribution in [0.4, 0.5) is 11.4 Å². The topological polar surface area (TPSA) is 71.5 Å². The molecule has 1 N–H and O–H groups in total. The number of methoxy groups -OCH3 is 1. The lowest BCUT2D eigenvalue weighted by Crippen LogP contribution is -2.24. The number of carbonyl (C=O) groups is 2. The molecule has 0 spiro atoms. The Morgan fingerprint density at radius 1 is 1.14 bits per heavy atom. The van der Waals surface area contributed by atoms with E-state index in [0.717, 1.165) is 28.6 Å². The fourth-order valence-electron chi connectivity index (χ4n) is 3.70. The molecule has 0 unspecified atom stereocenters. The van der Waals surface area contributed by atoms with Crippen LogP contribution in [-0.4, -0.2) is 30.5 Å². The summed E-state index contributed by atoms with van der Waals surface area (Å²) in [6.07, 6.45) is 1.39. The summed E-state index contributed by atoms with van der Waals surface area (Å²) in [6, 6.07) is 13.2. The molecule has 148 valence electrons. The number of hydrogen-bond acceptors (Lipinski definition) is 4. The van der Waals surface area contributed by atoms with Gasteiger partial charge in [-0.05, 0) is 50.6 Å². The van der Waals surface area contributed by atoms with Gasteiger partial charge < -0.3 is 15.0 Å². The minimum Gasteiger partial charge on any atom is -0.494 e. The zero-order valence-electron chi connectivity index (χ0n) is 16.8. The smallest absolute Gasteiger partial charge is 0.257 e. The van der Waals surface area contributed by atoms with Gasteiger partial charge in [0.2, 0.25) is 5.91 Å². The molecule has 4 rings (SSSR count). The van der Waals surface area contributed by atoms with Crippen molar-refractivity contribution >= 4 is 34.1 Å². The Bertz CT molecular complexity index is 1120. The van der Waals surface area contributed by atoms with Gasteiger partial charge in [0.05, 0.1) is 29.6 Å². The molecule has 6 nitrogen and oxygen atoms in total. The first-order valence-electron chi connectivity index (χ1n) is 9.64. The van der Waals surface area contributed by atoms with Crippen LogP contribution in [0.2, 0.25) is 0 Å². The van der Waals surface area contributed by atoms with Gasteiger partial charge in [0, 0.05) is 30.1 Å². The van der Waals surface area contributed by atoms with E-state index in [9.17, 15) is 9.59 Å². The minimum absolute atomic E-state index is 0.0910. The first-order valence-corrected chi connectivity index (χ1v) is 9.64. The van der Waals surface area contributed by atoms with Crippen LogP contribution >= 0.6 is 0 Å². The minimum atomic E-state index is -0.231. The number of carbonyl (C=O) groups excluding carboxylic acids is 2. The van der Waals surface area contributed by atoms with Gasteiger partial charge in [0.1, 0.15) is 5.75 Å². The molecule has 3 aromatic rings. The predicted octanol–water partition coefficient (Wildman–Crippen LogP) is 4.24. The summed E-state index contributed by atoms with van der Waals surface area (Å²) < 4.78 is 5.47. The number of fused-ring (bicyclic) bond motifs is 1. The molecular formula is C23H23N3O3. The van der Waals surface area contributed by atoms with Gasteiger partial charge >= 0.3 is 0 Å². The van der Waals surface area contributed by atoms with Crippen LogP contribution in [0.5, 0.6) is 5.75 Å². The molecule has 2 aromatic carbocycles. The van der Waals surface area contributed by atoms with E-state index in [1.807, 2.05) is 44.2 Å². The third-order valence-electron chi connectivity index (χ3n) is 5.21. The molecule has 29 heavy (non-hydrogen) atoms. The Balaban J connectivity index is 1.62. The van der Waals surface area contributed by atoms with Gasteiger partial charge in [-0.15, -0.1) is 0 Å². The van der Waals surface area contributed by atoms with Crippen molar-refractivity contribution in [2.24, 2.45) is 0 Å². The second-order valence-electron chi connectivity index (χ2n) is 7.31. The lowest BCUT2D eigenvalue weighted by atomic mass is 10.1. The van der Waals surface area contributed by atoms with Crippen LogP contribution in [0, 0.1) is 13.8 Å². The van der Waals surface area contributed by atoms with E-state index in [1.54, 1.807) is 24.1 Å². The SMILES string of the molecule is COc1cc(NC(=O)c2cc3cc(C)ccc3nc2C)ccc1N1CCCC1=O. The molecule has 0 atom stereocenters. The van der Waals surface area contributed by atoms with E-state index in [0.29, 0.717) is 35.7 Å². The average molecular weight is 389 g/mol. The quantitative estimate of drug-likeness (QED) is 0.724. The van der Waals surface area contributed by atoms with Crippen molar-refractivity contribution in [2.45, 2.75) is 26.7 Å². The maximum atomic E-state index is 12.9. The second-order valence-corrected chi connectivity index (χ2v) is 7.31. The number of nitrogens with zero attached hydrogens (tertiary/aromatic N) is 2. The van der Waals surface area contributed by atoms with Gasteiger partial charge in [-0.25, -0.2) is 0 Å². The second kappa shape index (κ2) is 7.54. The van der Waals surface area contributed by atoms with Gasteiger partial charge in [0.15, 0.2) is 0 Å². The van der Waals surface area contributed by atoms with Crippen molar-refractivity contribution in [1.29, 1.82) is 0 Å². The maximum Gasteiger partial charge on any atom is 0.257 e. The van der Waals surface area contributed by atoms with Crippen molar-refractivity contribution in [3.8, 4) is 5.75 Å². The number of anilines is 2. The molecule has 0 saturated carbocycles. The number of nitrogens with one attached hydrogen (secondary N) is 1. The Morgan fingerprint density at radius 3 is 2.69 bits per heavy atom. The number of ether oxygens (including phenoxy) is 1. The summed E-state index contributed by atoms with van der Waals surface area (Å²) in [5.74, 6) is 0.417. The van der Waals surface area contributed by atoms with Crippen LogP contribution in [0.15, 0.2) is 42.5 Å². The van der Waals surface area contributed by atoms with E-state index in [2.05, 4.69) is 10.3 Å². The summed E-state index contributed by atoms with van der Waals surface area (Å²) in [4.78, 5) is 31.2. The highest BCUT2D eigenvalue weighted by molar-refractivity contribution is 6.07. The Morgan fingerprint density at radius 2 is 1.97 bits per heavy atom. The predicted molar refractivity (Wildman–Crippen MR) is 114 cm³/mol. The molecule has 1 fully saturated rings. The largest absolute Gasteiger partial charge is 0.494 e. The fraction of sp³-hybridized carbons (Fsp3) is 0.261. The monoisotopic (exact) mass is 389 g/mol. The third-order valence-corrected chi connectivity index (χ3v) is 5.21. The number of pyridine rings is 1. The number of hydrogen-bond donors (Lipinski definition) is 1. The summed E-state index contributed by atoms with van der Waals surface area (Å²) in [5, 5.41) is 3.85. The zero-order valence-corrected chi connectivity index (χ0v) is 16.8. The third kappa shape index (κ3) is 3.66. The van der Waals surface area contributed by atoms with E-state index in [4.69, 9.17) is 4.74 Å². The highest BCUT2D eigenvalue weighted by Gasteiger charge is 2.24. The average Bonchev–Trinajstić information content (AvgIpc) is 3.13. The van der Waals surface area contributed by atoms with Crippen LogP contribution < -0.4 is 15.0 Å². The van der Waals surface area contributed by atoms with Gasteiger partial charge in [0.25, 0.3) is 5.91 Å². The molecule has 0 bridgehead atoms. The van der Waals surface area contributed by atoms with E-state index < -0.39 is 0 Å². The standard InChI is InChI=1S/C23H23N3O3/c1-14-6-8-19-16(11-14)12-18(15(2)24-19)23(28)25-17-7-9-20(21(13-17)29-3)26-10-4-5-22(26)27/h6-9,11-13H,4-5,10H2,1-3H3,(H,25,28). The summed E-state index contributed by atoms with van der Waals surface area (Å²) in [7, 11) is 1.56. The fourth-order valence-corrected chi connectivity index (χ4v) is 3.70. The number of aryl methyl sites for hydroxylation is 2. The highest BCUT2D eigenvalue weighted by atomic mass is 16.5. The normalized spacial score (nSPS) is 13.8. The molecule has 6 heteroatoms. The lowest BCUT2D eigenvalue weighted by molar-refractivity contribution is -0.117. The van der Waals surface area contributed by atoms with Crippen molar-refractivity contribution in [3.63, 3.8) is 0 Å². The molecule has 0 aliphatic carbocycles. The van der Waals surface area contributed by atoms with Crippen molar-refractivity contribution in [2.75, 3.05) is 23.9 Å². The van der Waals surface area contributed by atoms with Crippen LogP contribution in [0.1, 0.15) is 34.5 Å². The van der Waals surface area contributed by atoms with Crippen molar-refractivity contribution in [3.05, 3.63) is 59.3 Å². The molecule has 1 aliphatic heterocycles. The number of aromatic nitrogens is 1. The molecule has 1 aromatic heterocycles. The Hall–Kier alpha value is -3.41. The van der Waals surface area contributed by atoms with Crippen LogP contribution in [0.3, 0.4) is 0 Å². The first-order chi connectivity index (χ1) is 14.0. The summed E-state index contributed by atoms with van der Waals surface area (Å²) in [5.41, 5.74) is 4.52. The van der Waals surface area contributed by atoms with Crippen molar-refractivity contribution in [1.82, 2.24) is 4.98 Å². The molecule has 2 heterocycles.